The highest BCUT2D eigenvalue weighted by molar-refractivity contribution is 9.10. The first-order valence-corrected chi connectivity index (χ1v) is 14.2. The van der Waals surface area contributed by atoms with Crippen LogP contribution in [0.5, 0.6) is 0 Å². The molecule has 2 bridgehead atoms. The molecule has 0 N–H and O–H groups in total. The van der Waals surface area contributed by atoms with Crippen LogP contribution >= 0.6 is 15.9 Å². The Balaban J connectivity index is 1.40. The molecule has 5 aromatic carbocycles. The van der Waals surface area contributed by atoms with Crippen LogP contribution in [0.1, 0.15) is 28.2 Å². The number of halogens is 1. The van der Waals surface area contributed by atoms with Crippen LogP contribution in [0.3, 0.4) is 0 Å². The summed E-state index contributed by atoms with van der Waals surface area (Å²) >= 11 is 3.55. The number of carbonyl (C=O) groups is 2. The number of amides is 2. The van der Waals surface area contributed by atoms with E-state index in [1.807, 2.05) is 97.2 Å². The lowest BCUT2D eigenvalue weighted by atomic mass is 9.47. The van der Waals surface area contributed by atoms with E-state index in [0.717, 1.165) is 43.2 Å². The monoisotopic (exact) mass is 582 g/mol. The van der Waals surface area contributed by atoms with Gasteiger partial charge in [-0.3, -0.25) is 14.6 Å². The molecule has 5 heteroatoms. The highest BCUT2D eigenvalue weighted by Crippen LogP contribution is 2.64. The van der Waals surface area contributed by atoms with Crippen molar-refractivity contribution < 1.29 is 9.59 Å². The van der Waals surface area contributed by atoms with Crippen LogP contribution in [-0.2, 0) is 15.0 Å². The van der Waals surface area contributed by atoms with Crippen LogP contribution in [0.2, 0.25) is 0 Å². The van der Waals surface area contributed by atoms with E-state index in [1.54, 1.807) is 0 Å². The maximum atomic E-state index is 14.7. The molecular formula is C35H23BrN2O2. The third kappa shape index (κ3) is 3.04. The van der Waals surface area contributed by atoms with E-state index in [1.165, 1.54) is 4.90 Å². The van der Waals surface area contributed by atoms with Gasteiger partial charge in [-0.2, -0.15) is 0 Å². The molecule has 3 aliphatic carbocycles. The van der Waals surface area contributed by atoms with E-state index in [0.29, 0.717) is 5.69 Å². The Bertz CT molecular complexity index is 1860. The number of fused-ring (bicyclic) bond motifs is 1. The predicted octanol–water partition coefficient (Wildman–Crippen LogP) is 7.56. The molecule has 1 fully saturated rings. The molecule has 40 heavy (non-hydrogen) atoms. The van der Waals surface area contributed by atoms with E-state index in [-0.39, 0.29) is 17.7 Å². The maximum absolute atomic E-state index is 14.7. The first-order chi connectivity index (χ1) is 19.6. The van der Waals surface area contributed by atoms with Crippen molar-refractivity contribution in [3.8, 4) is 0 Å². The van der Waals surface area contributed by atoms with Gasteiger partial charge in [-0.1, -0.05) is 107 Å². The molecular weight excluding hydrogens is 560 g/mol. The standard InChI is InChI=1S/C35H23BrN2O2/c36-22-11-8-12-23(19-22)37-20-35-27-16-5-3-14-25(27)30(26-15-4-6-17-28(26)35)31-32(35)34(40)38(33(31)39)29-18-7-10-21-9-1-2-13-24(21)29/h1-20,30-32H/t30?,31-,32+,35?/m1/s1. The van der Waals surface area contributed by atoms with E-state index < -0.39 is 17.3 Å². The number of carbonyl (C=O) groups excluding carboxylic acids is 2. The lowest BCUT2D eigenvalue weighted by Crippen LogP contribution is -2.54. The summed E-state index contributed by atoms with van der Waals surface area (Å²) in [5.41, 5.74) is 4.85. The minimum atomic E-state index is -0.888. The summed E-state index contributed by atoms with van der Waals surface area (Å²) in [6.07, 6.45) is 1.94. The molecule has 1 heterocycles. The molecule has 0 spiro atoms. The fourth-order valence-electron chi connectivity index (χ4n) is 7.42. The van der Waals surface area contributed by atoms with E-state index in [2.05, 4.69) is 40.2 Å². The van der Waals surface area contributed by atoms with Crippen LogP contribution in [0, 0.1) is 11.8 Å². The smallest absolute Gasteiger partial charge is 0.239 e. The van der Waals surface area contributed by atoms with Crippen LogP contribution in [0.25, 0.3) is 10.8 Å². The second-order valence-electron chi connectivity index (χ2n) is 10.8. The number of hydrogen-bond donors (Lipinski definition) is 0. The van der Waals surface area contributed by atoms with Crippen molar-refractivity contribution >= 4 is 56.1 Å². The lowest BCUT2D eigenvalue weighted by molar-refractivity contribution is -0.122. The van der Waals surface area contributed by atoms with Gasteiger partial charge in [0.1, 0.15) is 0 Å². The SMILES string of the molecule is O=C1[C@@H]2C3c4ccccc4C(C=Nc4cccc(Br)c4)(c4ccccc43)[C@@H]2C(=O)N1c1cccc2ccccc12. The molecule has 0 unspecified atom stereocenters. The molecule has 0 aromatic heterocycles. The fraction of sp³-hybridized carbons (Fsp3) is 0.114. The molecule has 1 aliphatic heterocycles. The Labute approximate surface area is 240 Å². The third-order valence-corrected chi connectivity index (χ3v) is 9.41. The largest absolute Gasteiger partial charge is 0.274 e. The topological polar surface area (TPSA) is 49.7 Å². The fourth-order valence-corrected chi connectivity index (χ4v) is 7.81. The highest BCUT2D eigenvalue weighted by Gasteiger charge is 2.68. The molecule has 2 atom stereocenters. The Morgan fingerprint density at radius 1 is 0.725 bits per heavy atom. The summed E-state index contributed by atoms with van der Waals surface area (Å²) in [6.45, 7) is 0. The Kier molecular flexibility index (Phi) is 5.04. The van der Waals surface area contributed by atoms with Crippen LogP contribution in [0.4, 0.5) is 11.4 Å². The molecule has 2 amide bonds. The van der Waals surface area contributed by atoms with Crippen LogP contribution < -0.4 is 4.90 Å². The van der Waals surface area contributed by atoms with Crippen molar-refractivity contribution in [1.82, 2.24) is 0 Å². The van der Waals surface area contributed by atoms with Gasteiger partial charge in [-0.05, 0) is 51.9 Å². The number of imide groups is 1. The van der Waals surface area contributed by atoms with Gasteiger partial charge in [0, 0.05) is 22.0 Å². The number of rotatable bonds is 3. The first kappa shape index (κ1) is 23.5. The third-order valence-electron chi connectivity index (χ3n) is 8.92. The van der Waals surface area contributed by atoms with E-state index >= 15 is 0 Å². The van der Waals surface area contributed by atoms with Gasteiger partial charge in [0.25, 0.3) is 0 Å². The number of nitrogens with zero attached hydrogens (tertiary/aromatic N) is 2. The molecule has 0 saturated carbocycles. The zero-order valence-corrected chi connectivity index (χ0v) is 23.0. The van der Waals surface area contributed by atoms with Crippen molar-refractivity contribution in [2.75, 3.05) is 4.90 Å². The molecule has 1 saturated heterocycles. The summed E-state index contributed by atoms with van der Waals surface area (Å²) in [5, 5.41) is 1.89. The van der Waals surface area contributed by atoms with Crippen molar-refractivity contribution in [1.29, 1.82) is 0 Å². The average Bonchev–Trinajstić information content (AvgIpc) is 3.26. The van der Waals surface area contributed by atoms with Crippen molar-refractivity contribution in [2.45, 2.75) is 11.3 Å². The predicted molar refractivity (Wildman–Crippen MR) is 161 cm³/mol. The van der Waals surface area contributed by atoms with Gasteiger partial charge >= 0.3 is 0 Å². The van der Waals surface area contributed by atoms with Crippen LogP contribution in [0.15, 0.2) is 125 Å². The first-order valence-electron chi connectivity index (χ1n) is 13.4. The minimum Gasteiger partial charge on any atom is -0.274 e. The number of aliphatic imine (C=N–C) groups is 1. The molecule has 0 radical (unpaired) electrons. The molecule has 9 rings (SSSR count). The van der Waals surface area contributed by atoms with E-state index in [4.69, 9.17) is 4.99 Å². The lowest BCUT2D eigenvalue weighted by Gasteiger charge is -2.52. The maximum Gasteiger partial charge on any atom is 0.239 e. The quantitative estimate of drug-likeness (QED) is 0.163. The van der Waals surface area contributed by atoms with E-state index in [9.17, 15) is 9.59 Å². The molecule has 5 aromatic rings. The summed E-state index contributed by atoms with van der Waals surface area (Å²) in [6, 6.07) is 38.1. The van der Waals surface area contributed by atoms with Gasteiger partial charge in [0.05, 0.1) is 28.6 Å². The number of anilines is 1. The summed E-state index contributed by atoms with van der Waals surface area (Å²) in [7, 11) is 0. The summed E-state index contributed by atoms with van der Waals surface area (Å²) < 4.78 is 0.930. The average molecular weight is 583 g/mol. The highest BCUT2D eigenvalue weighted by atomic mass is 79.9. The zero-order chi connectivity index (χ0) is 27.0. The Hall–Kier alpha value is -4.35. The number of hydrogen-bond acceptors (Lipinski definition) is 3. The summed E-state index contributed by atoms with van der Waals surface area (Å²) in [4.78, 5) is 35.7. The van der Waals surface area contributed by atoms with Crippen molar-refractivity contribution in [2.24, 2.45) is 16.8 Å². The van der Waals surface area contributed by atoms with Crippen molar-refractivity contribution in [3.05, 3.63) is 142 Å². The molecule has 192 valence electrons. The van der Waals surface area contributed by atoms with Gasteiger partial charge in [0.2, 0.25) is 11.8 Å². The minimum absolute atomic E-state index is 0.138. The van der Waals surface area contributed by atoms with Gasteiger partial charge in [-0.25, -0.2) is 4.90 Å². The zero-order valence-electron chi connectivity index (χ0n) is 21.4. The molecule has 4 nitrogen and oxygen atoms in total. The normalized spacial score (nSPS) is 24.4. The second-order valence-corrected chi connectivity index (χ2v) is 11.7. The Morgan fingerprint density at radius 2 is 1.38 bits per heavy atom. The van der Waals surface area contributed by atoms with Crippen LogP contribution in [-0.4, -0.2) is 18.0 Å². The second kappa shape index (κ2) is 8.57. The molecule has 4 aliphatic rings. The van der Waals surface area contributed by atoms with Crippen molar-refractivity contribution in [3.63, 3.8) is 0 Å². The number of benzene rings is 5. The summed E-state index contributed by atoms with van der Waals surface area (Å²) in [5.74, 6) is -1.63. The van der Waals surface area contributed by atoms with Gasteiger partial charge < -0.3 is 0 Å². The van der Waals surface area contributed by atoms with Gasteiger partial charge in [-0.15, -0.1) is 0 Å². The Morgan fingerprint density at radius 3 is 2.12 bits per heavy atom. The van der Waals surface area contributed by atoms with Gasteiger partial charge in [0.15, 0.2) is 0 Å².